The zero-order valence-corrected chi connectivity index (χ0v) is 14.4. The van der Waals surface area contributed by atoms with Crippen molar-refractivity contribution < 1.29 is 14.1 Å². The molecule has 0 fully saturated rings. The second kappa shape index (κ2) is 7.19. The van der Waals surface area contributed by atoms with Crippen molar-refractivity contribution in [2.45, 2.75) is 32.7 Å². The number of amides is 1. The fourth-order valence-corrected chi connectivity index (χ4v) is 2.90. The maximum absolute atomic E-state index is 11.8. The van der Waals surface area contributed by atoms with Gasteiger partial charge < -0.3 is 18.7 Å². The van der Waals surface area contributed by atoms with Crippen molar-refractivity contribution >= 4 is 5.91 Å². The van der Waals surface area contributed by atoms with E-state index < -0.39 is 0 Å². The summed E-state index contributed by atoms with van der Waals surface area (Å²) in [4.78, 5) is 15.6. The molecule has 1 atom stereocenters. The lowest BCUT2D eigenvalue weighted by molar-refractivity contribution is -0.136. The van der Waals surface area contributed by atoms with Gasteiger partial charge >= 0.3 is 0 Å². The van der Waals surface area contributed by atoms with E-state index >= 15 is 0 Å². The van der Waals surface area contributed by atoms with Gasteiger partial charge in [-0.15, -0.1) is 0 Å². The molecule has 1 aliphatic heterocycles. The SMILES string of the molecule is Cc1cc(CN2Cc3cccn3CC(OCC(=O)N(C)C)C2)no1. The van der Waals surface area contributed by atoms with E-state index in [1.807, 2.05) is 19.1 Å². The number of hydrogen-bond donors (Lipinski definition) is 0. The van der Waals surface area contributed by atoms with Gasteiger partial charge in [-0.05, 0) is 19.1 Å². The lowest BCUT2D eigenvalue weighted by atomic mass is 10.3. The molecule has 3 heterocycles. The first-order valence-electron chi connectivity index (χ1n) is 8.11. The third-order valence-corrected chi connectivity index (χ3v) is 4.17. The molecule has 0 bridgehead atoms. The number of carbonyl (C=O) groups excluding carboxylic acids is 1. The Morgan fingerprint density at radius 3 is 3.00 bits per heavy atom. The van der Waals surface area contributed by atoms with Gasteiger partial charge in [0.25, 0.3) is 0 Å². The van der Waals surface area contributed by atoms with Gasteiger partial charge in [0.2, 0.25) is 5.91 Å². The molecule has 0 saturated heterocycles. The molecule has 7 heteroatoms. The molecule has 3 rings (SSSR count). The zero-order valence-electron chi connectivity index (χ0n) is 14.4. The molecular formula is C17H24N4O3. The van der Waals surface area contributed by atoms with Gasteiger partial charge in [-0.25, -0.2) is 0 Å². The summed E-state index contributed by atoms with van der Waals surface area (Å²) in [7, 11) is 3.48. The van der Waals surface area contributed by atoms with Crippen molar-refractivity contribution in [2.24, 2.45) is 0 Å². The summed E-state index contributed by atoms with van der Waals surface area (Å²) >= 11 is 0. The highest BCUT2D eigenvalue weighted by Gasteiger charge is 2.23. The fraction of sp³-hybridized carbons (Fsp3) is 0.529. The molecule has 1 aliphatic rings. The summed E-state index contributed by atoms with van der Waals surface area (Å²) in [6, 6.07) is 6.12. The molecule has 2 aromatic heterocycles. The molecule has 0 N–H and O–H groups in total. The molecular weight excluding hydrogens is 308 g/mol. The molecule has 2 aromatic rings. The van der Waals surface area contributed by atoms with Crippen molar-refractivity contribution in [3.63, 3.8) is 0 Å². The maximum Gasteiger partial charge on any atom is 0.248 e. The van der Waals surface area contributed by atoms with Crippen LogP contribution in [0.5, 0.6) is 0 Å². The first kappa shape index (κ1) is 16.7. The van der Waals surface area contributed by atoms with E-state index in [0.717, 1.165) is 31.1 Å². The smallest absolute Gasteiger partial charge is 0.248 e. The topological polar surface area (TPSA) is 63.7 Å². The monoisotopic (exact) mass is 332 g/mol. The highest BCUT2D eigenvalue weighted by atomic mass is 16.5. The third kappa shape index (κ3) is 4.04. The Morgan fingerprint density at radius 1 is 1.46 bits per heavy atom. The molecule has 24 heavy (non-hydrogen) atoms. The number of likely N-dealkylation sites (N-methyl/N-ethyl adjacent to an activating group) is 1. The van der Waals surface area contributed by atoms with Crippen LogP contribution >= 0.6 is 0 Å². The highest BCUT2D eigenvalue weighted by molar-refractivity contribution is 5.76. The summed E-state index contributed by atoms with van der Waals surface area (Å²) in [6.45, 7) is 5.00. The van der Waals surface area contributed by atoms with Crippen LogP contribution in [0.1, 0.15) is 17.1 Å². The van der Waals surface area contributed by atoms with Gasteiger partial charge in [0.1, 0.15) is 12.4 Å². The second-order valence-electron chi connectivity index (χ2n) is 6.47. The molecule has 1 amide bonds. The minimum Gasteiger partial charge on any atom is -0.365 e. The Kier molecular flexibility index (Phi) is 5.01. The van der Waals surface area contributed by atoms with E-state index in [0.29, 0.717) is 6.54 Å². The highest BCUT2D eigenvalue weighted by Crippen LogP contribution is 2.17. The number of rotatable bonds is 5. The van der Waals surface area contributed by atoms with Crippen LogP contribution < -0.4 is 0 Å². The van der Waals surface area contributed by atoms with Crippen LogP contribution in [-0.2, 0) is 29.2 Å². The molecule has 0 aromatic carbocycles. The first-order chi connectivity index (χ1) is 11.5. The zero-order chi connectivity index (χ0) is 17.1. The molecule has 0 spiro atoms. The number of aromatic nitrogens is 2. The quantitative estimate of drug-likeness (QED) is 0.825. The second-order valence-corrected chi connectivity index (χ2v) is 6.47. The Morgan fingerprint density at radius 2 is 2.29 bits per heavy atom. The van der Waals surface area contributed by atoms with E-state index in [1.165, 1.54) is 5.69 Å². The van der Waals surface area contributed by atoms with Gasteiger partial charge in [-0.1, -0.05) is 5.16 Å². The fourth-order valence-electron chi connectivity index (χ4n) is 2.90. The van der Waals surface area contributed by atoms with Crippen LogP contribution in [0, 0.1) is 6.92 Å². The lowest BCUT2D eigenvalue weighted by Crippen LogP contribution is -2.36. The number of ether oxygens (including phenoxy) is 1. The maximum atomic E-state index is 11.8. The van der Waals surface area contributed by atoms with Crippen LogP contribution in [0.15, 0.2) is 28.9 Å². The Hall–Kier alpha value is -2.12. The van der Waals surface area contributed by atoms with E-state index in [1.54, 1.807) is 19.0 Å². The lowest BCUT2D eigenvalue weighted by Gasteiger charge is -2.23. The molecule has 0 radical (unpaired) electrons. The van der Waals surface area contributed by atoms with Crippen molar-refractivity contribution in [3.05, 3.63) is 41.5 Å². The number of fused-ring (bicyclic) bond motifs is 1. The van der Waals surface area contributed by atoms with Crippen molar-refractivity contribution in [2.75, 3.05) is 27.2 Å². The Labute approximate surface area is 141 Å². The average molecular weight is 332 g/mol. The van der Waals surface area contributed by atoms with E-state index in [9.17, 15) is 4.79 Å². The van der Waals surface area contributed by atoms with E-state index in [2.05, 4.69) is 26.9 Å². The molecule has 130 valence electrons. The minimum atomic E-state index is -0.0458. The average Bonchev–Trinajstić information content (AvgIpc) is 3.10. The van der Waals surface area contributed by atoms with Gasteiger partial charge in [-0.3, -0.25) is 9.69 Å². The third-order valence-electron chi connectivity index (χ3n) is 4.17. The van der Waals surface area contributed by atoms with Crippen LogP contribution in [0.4, 0.5) is 0 Å². The largest absolute Gasteiger partial charge is 0.365 e. The number of hydrogen-bond acceptors (Lipinski definition) is 5. The summed E-state index contributed by atoms with van der Waals surface area (Å²) in [5, 5.41) is 4.08. The molecule has 0 aliphatic carbocycles. The van der Waals surface area contributed by atoms with Crippen molar-refractivity contribution in [1.29, 1.82) is 0 Å². The van der Waals surface area contributed by atoms with Crippen LogP contribution in [0.3, 0.4) is 0 Å². The normalized spacial score (nSPS) is 18.2. The number of aryl methyl sites for hydroxylation is 1. The number of carbonyl (C=O) groups is 1. The van der Waals surface area contributed by atoms with Gasteiger partial charge in [-0.2, -0.15) is 0 Å². The standard InChI is InChI=1S/C17H24N4O3/c1-13-7-14(18-24-13)8-20-9-15-5-4-6-21(15)11-16(10-20)23-12-17(22)19(2)3/h4-7,16H,8-12H2,1-3H3. The molecule has 7 nitrogen and oxygen atoms in total. The van der Waals surface area contributed by atoms with Crippen LogP contribution in [-0.4, -0.2) is 58.8 Å². The van der Waals surface area contributed by atoms with Crippen molar-refractivity contribution in [1.82, 2.24) is 19.5 Å². The number of nitrogens with zero attached hydrogens (tertiary/aromatic N) is 4. The summed E-state index contributed by atoms with van der Waals surface area (Å²) in [5.41, 5.74) is 2.15. The first-order valence-corrected chi connectivity index (χ1v) is 8.11. The summed E-state index contributed by atoms with van der Waals surface area (Å²) < 4.78 is 13.2. The molecule has 1 unspecified atom stereocenters. The van der Waals surface area contributed by atoms with Crippen molar-refractivity contribution in [3.8, 4) is 0 Å². The van der Waals surface area contributed by atoms with Gasteiger partial charge in [0, 0.05) is 58.2 Å². The van der Waals surface area contributed by atoms with E-state index in [-0.39, 0.29) is 18.6 Å². The molecule has 0 saturated carbocycles. The van der Waals surface area contributed by atoms with Crippen LogP contribution in [0.25, 0.3) is 0 Å². The predicted octanol–water partition coefficient (Wildman–Crippen LogP) is 1.27. The predicted molar refractivity (Wildman–Crippen MR) is 88.2 cm³/mol. The Bertz CT molecular complexity index is 692. The van der Waals surface area contributed by atoms with E-state index in [4.69, 9.17) is 9.26 Å². The van der Waals surface area contributed by atoms with Crippen LogP contribution in [0.2, 0.25) is 0 Å². The minimum absolute atomic E-state index is 0.0225. The van der Waals surface area contributed by atoms with Gasteiger partial charge in [0.05, 0.1) is 11.8 Å². The Balaban J connectivity index is 1.69. The van der Waals surface area contributed by atoms with Gasteiger partial charge in [0.15, 0.2) is 0 Å². The summed E-state index contributed by atoms with van der Waals surface area (Å²) in [5.74, 6) is 0.790. The summed E-state index contributed by atoms with van der Waals surface area (Å²) in [6.07, 6.45) is 2.01.